The van der Waals surface area contributed by atoms with E-state index in [0.29, 0.717) is 11.8 Å². The Balaban J connectivity index is 1.89. The lowest BCUT2D eigenvalue weighted by atomic mass is 10.1. The maximum absolute atomic E-state index is 12.9. The molecule has 0 saturated heterocycles. The predicted octanol–water partition coefficient (Wildman–Crippen LogP) is 3.91. The number of nitrogens with zero attached hydrogens (tertiary/aromatic N) is 2. The molecule has 0 aromatic carbocycles. The Kier molecular flexibility index (Phi) is 4.01. The molecule has 1 amide bonds. The van der Waals surface area contributed by atoms with E-state index in [1.54, 1.807) is 6.20 Å². The van der Waals surface area contributed by atoms with Crippen LogP contribution in [-0.2, 0) is 6.42 Å². The molecule has 1 saturated carbocycles. The monoisotopic (exact) mass is 298 g/mol. The molecule has 22 heavy (non-hydrogen) atoms. The van der Waals surface area contributed by atoms with Crippen LogP contribution in [-0.4, -0.2) is 21.8 Å². The van der Waals surface area contributed by atoms with Crippen molar-refractivity contribution >= 4 is 5.91 Å². The Morgan fingerprint density at radius 2 is 2.23 bits per heavy atom. The third-order valence-electron chi connectivity index (χ3n) is 4.26. The van der Waals surface area contributed by atoms with E-state index in [4.69, 9.17) is 4.42 Å². The molecule has 1 atom stereocenters. The standard InChI is InChI=1S/C18H22N2O2/c1-4-16-12(2)11-17(22-16)18(21)20(14-8-9-14)13(3)15-7-5-6-10-19-15/h5-7,10-11,13-14H,4,8-9H2,1-3H3/t13-/m1/s1. The first-order valence-corrected chi connectivity index (χ1v) is 7.94. The van der Waals surface area contributed by atoms with Crippen LogP contribution in [0.3, 0.4) is 0 Å². The first-order valence-electron chi connectivity index (χ1n) is 7.94. The van der Waals surface area contributed by atoms with Gasteiger partial charge in [-0.2, -0.15) is 0 Å². The molecule has 4 heteroatoms. The lowest BCUT2D eigenvalue weighted by Gasteiger charge is -2.28. The fourth-order valence-corrected chi connectivity index (χ4v) is 2.88. The molecule has 1 aliphatic carbocycles. The van der Waals surface area contributed by atoms with Crippen LogP contribution in [0.25, 0.3) is 0 Å². The van der Waals surface area contributed by atoms with E-state index in [0.717, 1.165) is 36.3 Å². The number of hydrogen-bond donors (Lipinski definition) is 0. The van der Waals surface area contributed by atoms with Gasteiger partial charge >= 0.3 is 0 Å². The van der Waals surface area contributed by atoms with Gasteiger partial charge in [0, 0.05) is 18.7 Å². The smallest absolute Gasteiger partial charge is 0.290 e. The Hall–Kier alpha value is -2.10. The van der Waals surface area contributed by atoms with Crippen molar-refractivity contribution in [3.05, 3.63) is 53.2 Å². The minimum absolute atomic E-state index is 0.0246. The van der Waals surface area contributed by atoms with Crippen LogP contribution in [0, 0.1) is 6.92 Å². The number of aryl methyl sites for hydroxylation is 2. The molecule has 1 aliphatic rings. The van der Waals surface area contributed by atoms with Gasteiger partial charge in [-0.05, 0) is 50.5 Å². The first-order chi connectivity index (χ1) is 10.6. The summed E-state index contributed by atoms with van der Waals surface area (Å²) in [7, 11) is 0. The summed E-state index contributed by atoms with van der Waals surface area (Å²) in [5.74, 6) is 1.32. The van der Waals surface area contributed by atoms with Crippen molar-refractivity contribution < 1.29 is 9.21 Å². The SMILES string of the molecule is CCc1oc(C(=O)N(C2CC2)[C@H](C)c2ccccn2)cc1C. The van der Waals surface area contributed by atoms with Crippen LogP contribution < -0.4 is 0 Å². The molecular weight excluding hydrogens is 276 g/mol. The topological polar surface area (TPSA) is 46.3 Å². The third kappa shape index (κ3) is 2.78. The number of pyridine rings is 1. The number of carbonyl (C=O) groups excluding carboxylic acids is 1. The van der Waals surface area contributed by atoms with Crippen molar-refractivity contribution in [2.75, 3.05) is 0 Å². The van der Waals surface area contributed by atoms with Crippen LogP contribution in [0.5, 0.6) is 0 Å². The predicted molar refractivity (Wildman–Crippen MR) is 84.7 cm³/mol. The van der Waals surface area contributed by atoms with Gasteiger partial charge in [-0.3, -0.25) is 9.78 Å². The van der Waals surface area contributed by atoms with E-state index >= 15 is 0 Å². The van der Waals surface area contributed by atoms with E-state index in [9.17, 15) is 4.79 Å². The fourth-order valence-electron chi connectivity index (χ4n) is 2.88. The Morgan fingerprint density at radius 3 is 2.77 bits per heavy atom. The molecule has 3 rings (SSSR count). The quantitative estimate of drug-likeness (QED) is 0.840. The van der Waals surface area contributed by atoms with Gasteiger partial charge in [-0.1, -0.05) is 13.0 Å². The average molecular weight is 298 g/mol. The number of rotatable bonds is 5. The van der Waals surface area contributed by atoms with E-state index in [-0.39, 0.29) is 11.9 Å². The van der Waals surface area contributed by atoms with Crippen molar-refractivity contribution in [1.29, 1.82) is 0 Å². The molecular formula is C18H22N2O2. The van der Waals surface area contributed by atoms with E-state index < -0.39 is 0 Å². The Bertz CT molecular complexity index is 659. The summed E-state index contributed by atoms with van der Waals surface area (Å²) in [6, 6.07) is 7.94. The van der Waals surface area contributed by atoms with Crippen molar-refractivity contribution in [3.63, 3.8) is 0 Å². The highest BCUT2D eigenvalue weighted by molar-refractivity contribution is 5.92. The number of furan rings is 1. The van der Waals surface area contributed by atoms with Crippen molar-refractivity contribution in [2.24, 2.45) is 0 Å². The van der Waals surface area contributed by atoms with Gasteiger partial charge in [0.05, 0.1) is 11.7 Å². The number of amides is 1. The molecule has 0 radical (unpaired) electrons. The van der Waals surface area contributed by atoms with E-state index in [1.165, 1.54) is 0 Å². The third-order valence-corrected chi connectivity index (χ3v) is 4.26. The van der Waals surface area contributed by atoms with E-state index in [1.807, 2.05) is 49.9 Å². The molecule has 2 aromatic heterocycles. The van der Waals surface area contributed by atoms with Gasteiger partial charge in [0.1, 0.15) is 5.76 Å². The second-order valence-corrected chi connectivity index (χ2v) is 5.94. The molecule has 2 heterocycles. The zero-order valence-corrected chi connectivity index (χ0v) is 13.4. The summed E-state index contributed by atoms with van der Waals surface area (Å²) >= 11 is 0. The number of hydrogen-bond acceptors (Lipinski definition) is 3. The number of carbonyl (C=O) groups is 1. The van der Waals surface area contributed by atoms with Crippen LogP contribution in [0.1, 0.15) is 60.3 Å². The van der Waals surface area contributed by atoms with Gasteiger partial charge < -0.3 is 9.32 Å². The second-order valence-electron chi connectivity index (χ2n) is 5.94. The maximum Gasteiger partial charge on any atom is 0.290 e. The highest BCUT2D eigenvalue weighted by Crippen LogP contribution is 2.35. The average Bonchev–Trinajstić information content (AvgIpc) is 3.29. The normalized spacial score (nSPS) is 15.6. The lowest BCUT2D eigenvalue weighted by Crippen LogP contribution is -2.35. The molecule has 0 N–H and O–H groups in total. The summed E-state index contributed by atoms with van der Waals surface area (Å²) in [5.41, 5.74) is 1.97. The Morgan fingerprint density at radius 1 is 1.45 bits per heavy atom. The molecule has 0 spiro atoms. The zero-order valence-electron chi connectivity index (χ0n) is 13.4. The highest BCUT2D eigenvalue weighted by atomic mass is 16.4. The van der Waals surface area contributed by atoms with Crippen LogP contribution in [0.2, 0.25) is 0 Å². The lowest BCUT2D eigenvalue weighted by molar-refractivity contribution is 0.0635. The van der Waals surface area contributed by atoms with Crippen molar-refractivity contribution in [1.82, 2.24) is 9.88 Å². The summed E-state index contributed by atoms with van der Waals surface area (Å²) in [4.78, 5) is 19.3. The first kappa shape index (κ1) is 14.8. The van der Waals surface area contributed by atoms with Gasteiger partial charge in [0.15, 0.2) is 5.76 Å². The van der Waals surface area contributed by atoms with Gasteiger partial charge in [0.25, 0.3) is 5.91 Å². The molecule has 2 aromatic rings. The highest BCUT2D eigenvalue weighted by Gasteiger charge is 2.38. The largest absolute Gasteiger partial charge is 0.456 e. The van der Waals surface area contributed by atoms with Crippen LogP contribution in [0.4, 0.5) is 0 Å². The zero-order chi connectivity index (χ0) is 15.7. The Labute approximate surface area is 131 Å². The van der Waals surface area contributed by atoms with E-state index in [2.05, 4.69) is 4.98 Å². The molecule has 1 fully saturated rings. The molecule has 0 bridgehead atoms. The van der Waals surface area contributed by atoms with Crippen molar-refractivity contribution in [2.45, 2.75) is 52.1 Å². The molecule has 4 nitrogen and oxygen atoms in total. The molecule has 0 aliphatic heterocycles. The van der Waals surface area contributed by atoms with Gasteiger partial charge in [-0.15, -0.1) is 0 Å². The summed E-state index contributed by atoms with van der Waals surface area (Å²) in [6.45, 7) is 6.06. The van der Waals surface area contributed by atoms with Crippen molar-refractivity contribution in [3.8, 4) is 0 Å². The van der Waals surface area contributed by atoms with Crippen LogP contribution in [0.15, 0.2) is 34.9 Å². The minimum atomic E-state index is -0.0447. The van der Waals surface area contributed by atoms with Gasteiger partial charge in [0.2, 0.25) is 0 Å². The molecule has 0 unspecified atom stereocenters. The fraction of sp³-hybridized carbons (Fsp3) is 0.444. The summed E-state index contributed by atoms with van der Waals surface area (Å²) in [6.07, 6.45) is 4.69. The minimum Gasteiger partial charge on any atom is -0.456 e. The second kappa shape index (κ2) is 5.95. The number of aromatic nitrogens is 1. The summed E-state index contributed by atoms with van der Waals surface area (Å²) < 4.78 is 5.76. The van der Waals surface area contributed by atoms with Gasteiger partial charge in [-0.25, -0.2) is 0 Å². The molecule has 116 valence electrons. The summed E-state index contributed by atoms with van der Waals surface area (Å²) in [5, 5.41) is 0. The van der Waals surface area contributed by atoms with Crippen LogP contribution >= 0.6 is 0 Å². The maximum atomic E-state index is 12.9.